The molecule has 0 radical (unpaired) electrons. The van der Waals surface area contributed by atoms with Crippen LogP contribution in [0.15, 0.2) is 24.3 Å². The second kappa shape index (κ2) is 7.49. The van der Waals surface area contributed by atoms with Crippen LogP contribution in [0, 0.1) is 11.7 Å². The van der Waals surface area contributed by atoms with Crippen LogP contribution in [0.2, 0.25) is 0 Å². The number of rotatable bonds is 6. The highest BCUT2D eigenvalue weighted by atomic mass is 19.1. The number of amides is 1. The number of hydrogen-bond donors (Lipinski definition) is 2. The molecule has 1 aliphatic rings. The van der Waals surface area contributed by atoms with Crippen molar-refractivity contribution in [2.45, 2.75) is 31.3 Å². The van der Waals surface area contributed by atoms with E-state index in [4.69, 9.17) is 5.11 Å². The number of carboxylic acid groups (broad SMARTS) is 1. The number of hydrogen-bond acceptors (Lipinski definition) is 4. The number of halogens is 1. The standard InChI is InChI=1S/C18H25FN2O4/c1-4-18(17(24)25)11-14(16(23)20(2)9-10-22)15(21(18)3)12-5-7-13(19)8-6-12/h5-8,14-15,22H,4,9-11H2,1-3H3,(H,24,25)/t14?,15?,18-/m0/s1. The molecule has 0 aromatic heterocycles. The van der Waals surface area contributed by atoms with E-state index in [0.29, 0.717) is 12.0 Å². The number of likely N-dealkylation sites (N-methyl/N-ethyl adjacent to an activating group) is 2. The maximum Gasteiger partial charge on any atom is 0.324 e. The van der Waals surface area contributed by atoms with Crippen molar-refractivity contribution in [2.75, 3.05) is 27.2 Å². The molecule has 1 aliphatic heterocycles. The molecule has 6 nitrogen and oxygen atoms in total. The number of aliphatic hydroxyl groups excluding tert-OH is 1. The summed E-state index contributed by atoms with van der Waals surface area (Å²) in [5.41, 5.74) is -0.449. The molecule has 1 fully saturated rings. The van der Waals surface area contributed by atoms with Crippen LogP contribution in [0.5, 0.6) is 0 Å². The second-order valence-corrected chi connectivity index (χ2v) is 6.59. The van der Waals surface area contributed by atoms with E-state index in [2.05, 4.69) is 0 Å². The number of carbonyl (C=O) groups is 2. The highest BCUT2D eigenvalue weighted by Gasteiger charge is 2.56. The first-order valence-electron chi connectivity index (χ1n) is 8.36. The zero-order valence-corrected chi connectivity index (χ0v) is 14.8. The molecule has 2 N–H and O–H groups in total. The van der Waals surface area contributed by atoms with Gasteiger partial charge in [0.15, 0.2) is 0 Å². The Morgan fingerprint density at radius 2 is 1.96 bits per heavy atom. The van der Waals surface area contributed by atoms with Gasteiger partial charge < -0.3 is 15.1 Å². The quantitative estimate of drug-likeness (QED) is 0.811. The smallest absolute Gasteiger partial charge is 0.324 e. The molecule has 1 amide bonds. The largest absolute Gasteiger partial charge is 0.480 e. The van der Waals surface area contributed by atoms with Crippen LogP contribution in [-0.2, 0) is 9.59 Å². The number of carbonyl (C=O) groups excluding carboxylic acids is 1. The van der Waals surface area contributed by atoms with E-state index < -0.39 is 23.5 Å². The highest BCUT2D eigenvalue weighted by Crippen LogP contribution is 2.48. The summed E-state index contributed by atoms with van der Waals surface area (Å²) in [6.07, 6.45) is 0.524. The van der Waals surface area contributed by atoms with E-state index >= 15 is 0 Å². The van der Waals surface area contributed by atoms with Gasteiger partial charge in [-0.3, -0.25) is 14.5 Å². The average molecular weight is 352 g/mol. The van der Waals surface area contributed by atoms with E-state index in [-0.39, 0.29) is 31.3 Å². The molecule has 7 heteroatoms. The minimum Gasteiger partial charge on any atom is -0.480 e. The molecular formula is C18H25FN2O4. The summed E-state index contributed by atoms with van der Waals surface area (Å²) in [7, 11) is 3.29. The Labute approximate surface area is 146 Å². The fourth-order valence-electron chi connectivity index (χ4n) is 3.82. The fourth-order valence-corrected chi connectivity index (χ4v) is 3.82. The third-order valence-electron chi connectivity index (χ3n) is 5.35. The van der Waals surface area contributed by atoms with Crippen molar-refractivity contribution in [3.63, 3.8) is 0 Å². The number of likely N-dealkylation sites (tertiary alicyclic amines) is 1. The Balaban J connectivity index is 2.47. The highest BCUT2D eigenvalue weighted by molar-refractivity contribution is 5.85. The van der Waals surface area contributed by atoms with Gasteiger partial charge in [-0.05, 0) is 37.6 Å². The predicted molar refractivity (Wildman–Crippen MR) is 90.4 cm³/mol. The van der Waals surface area contributed by atoms with Gasteiger partial charge in [0.1, 0.15) is 11.4 Å². The van der Waals surface area contributed by atoms with E-state index in [9.17, 15) is 19.1 Å². The molecule has 1 aromatic rings. The average Bonchev–Trinajstić information content (AvgIpc) is 2.89. The predicted octanol–water partition coefficient (Wildman–Crippen LogP) is 1.50. The molecule has 1 saturated heterocycles. The van der Waals surface area contributed by atoms with Crippen molar-refractivity contribution in [3.05, 3.63) is 35.6 Å². The lowest BCUT2D eigenvalue weighted by molar-refractivity contribution is -0.150. The van der Waals surface area contributed by atoms with Crippen LogP contribution in [0.1, 0.15) is 31.4 Å². The number of carboxylic acids is 1. The molecule has 25 heavy (non-hydrogen) atoms. The molecule has 1 heterocycles. The minimum absolute atomic E-state index is 0.163. The third-order valence-corrected chi connectivity index (χ3v) is 5.35. The molecule has 0 saturated carbocycles. The Morgan fingerprint density at radius 1 is 1.36 bits per heavy atom. The van der Waals surface area contributed by atoms with E-state index in [1.807, 2.05) is 0 Å². The van der Waals surface area contributed by atoms with E-state index in [1.54, 1.807) is 38.1 Å². The van der Waals surface area contributed by atoms with E-state index in [0.717, 1.165) is 0 Å². The molecule has 2 rings (SSSR count). The summed E-state index contributed by atoms with van der Waals surface area (Å²) < 4.78 is 13.3. The zero-order chi connectivity index (χ0) is 18.8. The first-order chi connectivity index (χ1) is 11.8. The molecule has 0 aliphatic carbocycles. The minimum atomic E-state index is -1.15. The normalized spacial score (nSPS) is 26.6. The maximum absolute atomic E-state index is 13.3. The number of aliphatic carboxylic acids is 1. The summed E-state index contributed by atoms with van der Waals surface area (Å²) >= 11 is 0. The van der Waals surface area contributed by atoms with Crippen molar-refractivity contribution in [2.24, 2.45) is 5.92 Å². The Hall–Kier alpha value is -1.99. The van der Waals surface area contributed by atoms with Crippen LogP contribution in [0.3, 0.4) is 0 Å². The zero-order valence-electron chi connectivity index (χ0n) is 14.8. The molecule has 0 bridgehead atoms. The van der Waals surface area contributed by atoms with Gasteiger partial charge >= 0.3 is 5.97 Å². The third kappa shape index (κ3) is 3.39. The first kappa shape index (κ1) is 19.3. The topological polar surface area (TPSA) is 81.1 Å². The van der Waals surface area contributed by atoms with Gasteiger partial charge in [0, 0.05) is 19.6 Å². The van der Waals surface area contributed by atoms with Gasteiger partial charge in [0.05, 0.1) is 12.5 Å². The first-order valence-corrected chi connectivity index (χ1v) is 8.36. The Bertz CT molecular complexity index is 636. The van der Waals surface area contributed by atoms with Crippen LogP contribution in [0.25, 0.3) is 0 Å². The van der Waals surface area contributed by atoms with Crippen LogP contribution >= 0.6 is 0 Å². The Morgan fingerprint density at radius 3 is 2.44 bits per heavy atom. The monoisotopic (exact) mass is 352 g/mol. The molecule has 138 valence electrons. The molecule has 3 atom stereocenters. The maximum atomic E-state index is 13.3. The van der Waals surface area contributed by atoms with Gasteiger partial charge in [-0.25, -0.2) is 4.39 Å². The lowest BCUT2D eigenvalue weighted by atomic mass is 9.87. The van der Waals surface area contributed by atoms with Gasteiger partial charge in [0.2, 0.25) is 5.91 Å². The summed E-state index contributed by atoms with van der Waals surface area (Å²) in [6, 6.07) is 5.35. The summed E-state index contributed by atoms with van der Waals surface area (Å²) in [5.74, 6) is -2.15. The number of benzene rings is 1. The number of aliphatic hydroxyl groups is 1. The SMILES string of the molecule is CC[C@@]1(C(=O)O)CC(C(=O)N(C)CCO)C(c2ccc(F)cc2)N1C. The molecule has 1 aromatic carbocycles. The summed E-state index contributed by atoms with van der Waals surface area (Å²) in [4.78, 5) is 28.0. The second-order valence-electron chi connectivity index (χ2n) is 6.59. The summed E-state index contributed by atoms with van der Waals surface area (Å²) in [6.45, 7) is 1.81. The van der Waals surface area contributed by atoms with Gasteiger partial charge in [-0.1, -0.05) is 19.1 Å². The fraction of sp³-hybridized carbons (Fsp3) is 0.556. The van der Waals surface area contributed by atoms with Crippen molar-refractivity contribution in [3.8, 4) is 0 Å². The van der Waals surface area contributed by atoms with Crippen LogP contribution in [-0.4, -0.2) is 64.7 Å². The lowest BCUT2D eigenvalue weighted by Crippen LogP contribution is -2.48. The van der Waals surface area contributed by atoms with Crippen molar-refractivity contribution >= 4 is 11.9 Å². The van der Waals surface area contributed by atoms with Crippen molar-refractivity contribution < 1.29 is 24.2 Å². The summed E-state index contributed by atoms with van der Waals surface area (Å²) in [5, 5.41) is 18.9. The molecule has 0 spiro atoms. The van der Waals surface area contributed by atoms with Crippen LogP contribution in [0.4, 0.5) is 4.39 Å². The van der Waals surface area contributed by atoms with Gasteiger partial charge in [-0.15, -0.1) is 0 Å². The molecule has 2 unspecified atom stereocenters. The van der Waals surface area contributed by atoms with Crippen molar-refractivity contribution in [1.29, 1.82) is 0 Å². The van der Waals surface area contributed by atoms with Gasteiger partial charge in [-0.2, -0.15) is 0 Å². The van der Waals surface area contributed by atoms with Crippen LogP contribution < -0.4 is 0 Å². The lowest BCUT2D eigenvalue weighted by Gasteiger charge is -2.34. The van der Waals surface area contributed by atoms with Crippen molar-refractivity contribution in [1.82, 2.24) is 9.80 Å². The Kier molecular flexibility index (Phi) is 5.80. The number of nitrogens with zero attached hydrogens (tertiary/aromatic N) is 2. The van der Waals surface area contributed by atoms with Gasteiger partial charge in [0.25, 0.3) is 0 Å². The molecular weight excluding hydrogens is 327 g/mol. The van der Waals surface area contributed by atoms with E-state index in [1.165, 1.54) is 17.0 Å².